The zero-order valence-electron chi connectivity index (χ0n) is 19.7. The molecule has 184 valence electrons. The van der Waals surface area contributed by atoms with Gasteiger partial charge < -0.3 is 14.8 Å². The molecule has 1 amide bonds. The van der Waals surface area contributed by atoms with Crippen molar-refractivity contribution >= 4 is 39.2 Å². The highest BCUT2D eigenvalue weighted by molar-refractivity contribution is 7.20. The molecule has 3 aromatic heterocycles. The van der Waals surface area contributed by atoms with Crippen molar-refractivity contribution in [2.45, 2.75) is 19.9 Å². The van der Waals surface area contributed by atoms with E-state index in [1.807, 2.05) is 24.3 Å². The largest absolute Gasteiger partial charge is 0.490 e. The van der Waals surface area contributed by atoms with E-state index in [0.717, 1.165) is 11.3 Å². The van der Waals surface area contributed by atoms with Crippen molar-refractivity contribution in [2.75, 3.05) is 18.5 Å². The van der Waals surface area contributed by atoms with Crippen molar-refractivity contribution in [3.63, 3.8) is 0 Å². The Balaban J connectivity index is 1.49. The number of benzene rings is 1. The van der Waals surface area contributed by atoms with E-state index in [0.29, 0.717) is 16.1 Å². The van der Waals surface area contributed by atoms with Crippen LogP contribution in [0, 0.1) is 18.3 Å². The maximum atomic E-state index is 13.2. The van der Waals surface area contributed by atoms with Gasteiger partial charge in [0.15, 0.2) is 0 Å². The fraction of sp³-hybridized carbons (Fsp3) is 0.250. The van der Waals surface area contributed by atoms with Crippen LogP contribution in [0.15, 0.2) is 47.7 Å². The van der Waals surface area contributed by atoms with Crippen LogP contribution in [-0.4, -0.2) is 44.4 Å². The van der Waals surface area contributed by atoms with E-state index in [2.05, 4.69) is 15.4 Å². The van der Waals surface area contributed by atoms with Crippen molar-refractivity contribution in [1.82, 2.24) is 19.3 Å². The van der Waals surface area contributed by atoms with Crippen molar-refractivity contribution in [2.24, 2.45) is 7.05 Å². The first kappa shape index (κ1) is 24.6. The molecule has 3 heterocycles. The molecular formula is C24H22N6O5S. The molecule has 4 aromatic rings. The lowest BCUT2D eigenvalue weighted by atomic mass is 10.2. The van der Waals surface area contributed by atoms with Crippen LogP contribution in [-0.2, 0) is 16.6 Å². The second-order valence-electron chi connectivity index (χ2n) is 7.80. The molecule has 0 aliphatic rings. The molecular weight excluding hydrogens is 484 g/mol. The molecule has 0 spiro atoms. The molecule has 12 heteroatoms. The van der Waals surface area contributed by atoms with Gasteiger partial charge in [0.1, 0.15) is 52.2 Å². The van der Waals surface area contributed by atoms with Gasteiger partial charge in [-0.15, -0.1) is 11.3 Å². The number of ether oxygens (including phenoxy) is 2. The van der Waals surface area contributed by atoms with Crippen LogP contribution in [0.25, 0.3) is 10.2 Å². The van der Waals surface area contributed by atoms with Crippen LogP contribution in [0.2, 0.25) is 0 Å². The fourth-order valence-corrected chi connectivity index (χ4v) is 4.53. The average Bonchev–Trinajstić information content (AvgIpc) is 3.41. The maximum absolute atomic E-state index is 13.2. The van der Waals surface area contributed by atoms with Gasteiger partial charge in [0.25, 0.3) is 5.56 Å². The Morgan fingerprint density at radius 1 is 1.25 bits per heavy atom. The summed E-state index contributed by atoms with van der Waals surface area (Å²) in [6.45, 7) is 3.40. The summed E-state index contributed by atoms with van der Waals surface area (Å²) >= 11 is 1.05. The molecule has 0 radical (unpaired) electrons. The number of nitrogens with one attached hydrogen (secondary N) is 1. The number of fused-ring (bicyclic) bond motifs is 1. The van der Waals surface area contributed by atoms with Gasteiger partial charge in [-0.05, 0) is 31.5 Å². The zero-order chi connectivity index (χ0) is 25.8. The molecule has 0 aliphatic carbocycles. The Morgan fingerprint density at radius 3 is 2.72 bits per heavy atom. The topological polar surface area (TPSA) is 141 Å². The highest BCUT2D eigenvalue weighted by atomic mass is 32.1. The van der Waals surface area contributed by atoms with Crippen LogP contribution in [0.4, 0.5) is 5.82 Å². The van der Waals surface area contributed by atoms with E-state index in [1.54, 1.807) is 26.1 Å². The third kappa shape index (κ3) is 4.82. The first-order valence-corrected chi connectivity index (χ1v) is 11.7. The minimum Gasteiger partial charge on any atom is -0.490 e. The predicted molar refractivity (Wildman–Crippen MR) is 132 cm³/mol. The Labute approximate surface area is 209 Å². The van der Waals surface area contributed by atoms with Gasteiger partial charge in [-0.3, -0.25) is 18.8 Å². The molecule has 0 fully saturated rings. The first-order chi connectivity index (χ1) is 17.3. The normalized spacial score (nSPS) is 11.6. The minimum absolute atomic E-state index is 0.0367. The summed E-state index contributed by atoms with van der Waals surface area (Å²) in [6, 6.07) is 10.2. The minimum atomic E-state index is -0.944. The number of aryl methyl sites for hydroxylation is 2. The van der Waals surface area contributed by atoms with Gasteiger partial charge in [0.2, 0.25) is 5.91 Å². The summed E-state index contributed by atoms with van der Waals surface area (Å²) in [6.07, 6.45) is 2.60. The van der Waals surface area contributed by atoms with Gasteiger partial charge in [0.05, 0.1) is 17.9 Å². The van der Waals surface area contributed by atoms with E-state index in [4.69, 9.17) is 9.47 Å². The Bertz CT molecular complexity index is 1530. The number of anilines is 1. The van der Waals surface area contributed by atoms with E-state index < -0.39 is 23.5 Å². The van der Waals surface area contributed by atoms with E-state index in [1.165, 1.54) is 28.7 Å². The molecule has 4 rings (SSSR count). The molecule has 1 unspecified atom stereocenters. The smallest absolute Gasteiger partial charge is 0.348 e. The Morgan fingerprint density at radius 2 is 2.00 bits per heavy atom. The summed E-state index contributed by atoms with van der Waals surface area (Å²) in [4.78, 5) is 43.7. The number of nitriles is 1. The molecule has 0 aliphatic heterocycles. The number of hydrogen-bond donors (Lipinski definition) is 1. The van der Waals surface area contributed by atoms with Crippen molar-refractivity contribution in [1.29, 1.82) is 5.26 Å². The van der Waals surface area contributed by atoms with Gasteiger partial charge in [-0.1, -0.05) is 18.2 Å². The number of thiophene rings is 1. The second kappa shape index (κ2) is 10.4. The van der Waals surface area contributed by atoms with Gasteiger partial charge in [-0.2, -0.15) is 10.4 Å². The molecule has 0 bridgehead atoms. The number of para-hydroxylation sites is 1. The van der Waals surface area contributed by atoms with Crippen LogP contribution < -0.4 is 15.6 Å². The lowest BCUT2D eigenvalue weighted by Gasteiger charge is -2.15. The summed E-state index contributed by atoms with van der Waals surface area (Å²) < 4.78 is 13.4. The van der Waals surface area contributed by atoms with Gasteiger partial charge >= 0.3 is 5.97 Å². The highest BCUT2D eigenvalue weighted by Crippen LogP contribution is 2.28. The summed E-state index contributed by atoms with van der Waals surface area (Å²) in [5.41, 5.74) is 0.167. The number of carbonyl (C=O) groups is 2. The number of aromatic nitrogens is 4. The quantitative estimate of drug-likeness (QED) is 0.284. The van der Waals surface area contributed by atoms with Crippen LogP contribution in [0.5, 0.6) is 5.75 Å². The summed E-state index contributed by atoms with van der Waals surface area (Å²) in [5.74, 6) is -0.209. The SMILES string of the molecule is Cc1c(C(=O)OCCOc2ccccc2)sc2ncn(C(C)C(=O)Nc3c(C#N)cnn3C)c(=O)c12. The molecule has 11 nitrogen and oxygen atoms in total. The van der Waals surface area contributed by atoms with Crippen LogP contribution in [0.3, 0.4) is 0 Å². The lowest BCUT2D eigenvalue weighted by Crippen LogP contribution is -2.32. The Hall–Kier alpha value is -4.50. The van der Waals surface area contributed by atoms with Crippen molar-refractivity contribution in [3.8, 4) is 11.8 Å². The first-order valence-electron chi connectivity index (χ1n) is 10.9. The third-order valence-electron chi connectivity index (χ3n) is 5.49. The predicted octanol–water partition coefficient (Wildman–Crippen LogP) is 2.81. The monoisotopic (exact) mass is 506 g/mol. The summed E-state index contributed by atoms with van der Waals surface area (Å²) in [7, 11) is 1.59. The van der Waals surface area contributed by atoms with Gasteiger partial charge in [0, 0.05) is 7.05 Å². The number of amides is 1. The number of esters is 1. The molecule has 0 saturated heterocycles. The lowest BCUT2D eigenvalue weighted by molar-refractivity contribution is -0.118. The Kier molecular flexibility index (Phi) is 7.12. The molecule has 1 atom stereocenters. The molecule has 1 N–H and O–H groups in total. The number of rotatable bonds is 8. The third-order valence-corrected chi connectivity index (χ3v) is 6.67. The number of nitrogens with zero attached hydrogens (tertiary/aromatic N) is 5. The molecule has 1 aromatic carbocycles. The standard InChI is InChI=1S/C24H22N6O5S/c1-14-18-22(36-19(14)24(33)35-10-9-34-17-7-5-4-6-8-17)26-13-30(23(18)32)15(2)21(31)28-20-16(11-25)12-27-29(20)3/h4-8,12-13,15H,9-10H2,1-3H3,(H,28,31). The molecule has 36 heavy (non-hydrogen) atoms. The van der Waals surface area contributed by atoms with E-state index in [-0.39, 0.29) is 34.9 Å². The summed E-state index contributed by atoms with van der Waals surface area (Å²) in [5, 5.41) is 16.0. The maximum Gasteiger partial charge on any atom is 0.348 e. The van der Waals surface area contributed by atoms with Crippen molar-refractivity contribution in [3.05, 3.63) is 69.2 Å². The van der Waals surface area contributed by atoms with E-state index >= 15 is 0 Å². The van der Waals surface area contributed by atoms with Crippen LogP contribution >= 0.6 is 11.3 Å². The van der Waals surface area contributed by atoms with Crippen LogP contribution in [0.1, 0.15) is 33.8 Å². The number of carbonyl (C=O) groups excluding carboxylic acids is 2. The fourth-order valence-electron chi connectivity index (χ4n) is 3.50. The second-order valence-corrected chi connectivity index (χ2v) is 8.80. The zero-order valence-corrected chi connectivity index (χ0v) is 20.5. The average molecular weight is 507 g/mol. The van der Waals surface area contributed by atoms with E-state index in [9.17, 15) is 19.6 Å². The molecule has 0 saturated carbocycles. The van der Waals surface area contributed by atoms with Crippen molar-refractivity contribution < 1.29 is 19.1 Å². The number of hydrogen-bond acceptors (Lipinski definition) is 9. The highest BCUT2D eigenvalue weighted by Gasteiger charge is 2.24. The van der Waals surface area contributed by atoms with Gasteiger partial charge in [-0.25, -0.2) is 9.78 Å².